The van der Waals surface area contributed by atoms with Gasteiger partial charge in [0.2, 0.25) is 0 Å². The van der Waals surface area contributed by atoms with E-state index in [9.17, 15) is 5.11 Å². The number of hydrogen-bond donors (Lipinski definition) is 1. The summed E-state index contributed by atoms with van der Waals surface area (Å²) in [6.07, 6.45) is 1.76. The van der Waals surface area contributed by atoms with Gasteiger partial charge in [-0.3, -0.25) is 0 Å². The number of hydrogen-bond acceptors (Lipinski definition) is 3. The predicted octanol–water partition coefficient (Wildman–Crippen LogP) is 4.86. The van der Waals surface area contributed by atoms with Gasteiger partial charge in [-0.05, 0) is 24.1 Å². The first-order chi connectivity index (χ1) is 11.1. The summed E-state index contributed by atoms with van der Waals surface area (Å²) in [6.45, 7) is 3.91. The molecule has 0 saturated heterocycles. The molecule has 0 radical (unpaired) electrons. The smallest absolute Gasteiger partial charge is 0.126 e. The van der Waals surface area contributed by atoms with Crippen molar-refractivity contribution < 1.29 is 14.6 Å². The van der Waals surface area contributed by atoms with Gasteiger partial charge < -0.3 is 14.6 Å². The van der Waals surface area contributed by atoms with E-state index >= 15 is 0 Å². The Kier molecular flexibility index (Phi) is 6.25. The largest absolute Gasteiger partial charge is 0.497 e. The number of aliphatic hydroxyl groups excluding tert-OH is 1. The second-order valence-electron chi connectivity index (χ2n) is 5.22. The first-order valence-corrected chi connectivity index (χ1v) is 8.17. The van der Waals surface area contributed by atoms with Crippen molar-refractivity contribution in [3.8, 4) is 11.5 Å². The lowest BCUT2D eigenvalue weighted by Crippen LogP contribution is -2.06. The summed E-state index contributed by atoms with van der Waals surface area (Å²) in [4.78, 5) is 0. The van der Waals surface area contributed by atoms with Gasteiger partial charge in [0, 0.05) is 22.0 Å². The van der Waals surface area contributed by atoms with Crippen molar-refractivity contribution in [2.45, 2.75) is 18.4 Å². The molecule has 0 amide bonds. The number of halogens is 1. The van der Waals surface area contributed by atoms with E-state index in [4.69, 9.17) is 9.47 Å². The van der Waals surface area contributed by atoms with Crippen LogP contribution in [0.4, 0.5) is 0 Å². The van der Waals surface area contributed by atoms with Crippen LogP contribution in [0.15, 0.2) is 59.6 Å². The fourth-order valence-electron chi connectivity index (χ4n) is 2.59. The minimum Gasteiger partial charge on any atom is -0.497 e. The van der Waals surface area contributed by atoms with Gasteiger partial charge in [-0.1, -0.05) is 46.3 Å². The van der Waals surface area contributed by atoms with Crippen molar-refractivity contribution in [1.82, 2.24) is 0 Å². The Morgan fingerprint density at radius 3 is 2.48 bits per heavy atom. The highest BCUT2D eigenvalue weighted by Gasteiger charge is 2.20. The summed E-state index contributed by atoms with van der Waals surface area (Å²) < 4.78 is 11.6. The molecule has 2 aromatic rings. The highest BCUT2D eigenvalue weighted by Crippen LogP contribution is 2.37. The molecule has 2 rings (SSSR count). The first kappa shape index (κ1) is 17.6. The third-order valence-electron chi connectivity index (χ3n) is 3.87. The molecule has 0 fully saturated rings. The van der Waals surface area contributed by atoms with Crippen LogP contribution in [0.5, 0.6) is 11.5 Å². The van der Waals surface area contributed by atoms with Crippen molar-refractivity contribution in [2.75, 3.05) is 14.2 Å². The maximum Gasteiger partial charge on any atom is 0.126 e. The van der Waals surface area contributed by atoms with Crippen molar-refractivity contribution in [3.63, 3.8) is 0 Å². The van der Waals surface area contributed by atoms with Gasteiger partial charge in [-0.2, -0.15) is 0 Å². The van der Waals surface area contributed by atoms with E-state index in [2.05, 4.69) is 22.5 Å². The predicted molar refractivity (Wildman–Crippen MR) is 96.2 cm³/mol. The molecule has 0 bridgehead atoms. The van der Waals surface area contributed by atoms with Crippen molar-refractivity contribution in [3.05, 3.63) is 70.7 Å². The fraction of sp³-hybridized carbons (Fsp3) is 0.263. The van der Waals surface area contributed by atoms with Crippen LogP contribution in [-0.4, -0.2) is 19.3 Å². The van der Waals surface area contributed by atoms with Crippen LogP contribution in [0.3, 0.4) is 0 Å². The highest BCUT2D eigenvalue weighted by atomic mass is 79.9. The summed E-state index contributed by atoms with van der Waals surface area (Å²) >= 11 is 3.48. The molecule has 2 unspecified atom stereocenters. The second kappa shape index (κ2) is 8.18. The maximum atomic E-state index is 10.6. The fourth-order valence-corrected chi connectivity index (χ4v) is 3.14. The van der Waals surface area contributed by atoms with Crippen LogP contribution in [0.2, 0.25) is 0 Å². The average Bonchev–Trinajstić information content (AvgIpc) is 2.59. The van der Waals surface area contributed by atoms with Gasteiger partial charge in [-0.15, -0.1) is 6.58 Å². The second-order valence-corrected chi connectivity index (χ2v) is 6.08. The lowest BCUT2D eigenvalue weighted by molar-refractivity contribution is 0.161. The van der Waals surface area contributed by atoms with E-state index in [0.717, 1.165) is 27.1 Å². The number of aliphatic hydroxyl groups is 1. The highest BCUT2D eigenvalue weighted by molar-refractivity contribution is 9.10. The van der Waals surface area contributed by atoms with E-state index < -0.39 is 6.10 Å². The molecular formula is C19H21BrO3. The molecule has 0 aliphatic rings. The van der Waals surface area contributed by atoms with Crippen LogP contribution in [0, 0.1) is 0 Å². The molecule has 0 spiro atoms. The summed E-state index contributed by atoms with van der Waals surface area (Å²) in [5.74, 6) is 1.44. The zero-order valence-corrected chi connectivity index (χ0v) is 14.9. The molecule has 2 aromatic carbocycles. The normalized spacial score (nSPS) is 13.2. The molecule has 0 aliphatic heterocycles. The molecule has 1 N–H and O–H groups in total. The molecule has 0 aliphatic carbocycles. The van der Waals surface area contributed by atoms with Crippen LogP contribution in [0.1, 0.15) is 29.6 Å². The first-order valence-electron chi connectivity index (χ1n) is 7.37. The number of ether oxygens (including phenoxy) is 2. The van der Waals surface area contributed by atoms with Gasteiger partial charge >= 0.3 is 0 Å². The van der Waals surface area contributed by atoms with Gasteiger partial charge in [0.15, 0.2) is 0 Å². The maximum absolute atomic E-state index is 10.6. The molecule has 23 heavy (non-hydrogen) atoms. The number of rotatable bonds is 7. The van der Waals surface area contributed by atoms with Crippen molar-refractivity contribution in [1.29, 1.82) is 0 Å². The molecule has 3 nitrogen and oxygen atoms in total. The molecule has 0 aromatic heterocycles. The molecule has 0 heterocycles. The third kappa shape index (κ3) is 4.15. The zero-order valence-electron chi connectivity index (χ0n) is 13.3. The van der Waals surface area contributed by atoms with Crippen LogP contribution in [-0.2, 0) is 0 Å². The number of allylic oxidation sites excluding steroid dienone is 1. The van der Waals surface area contributed by atoms with E-state index in [1.165, 1.54) is 0 Å². The van der Waals surface area contributed by atoms with E-state index in [0.29, 0.717) is 6.42 Å². The Morgan fingerprint density at radius 1 is 1.13 bits per heavy atom. The minimum absolute atomic E-state index is 0.0297. The molecular weight excluding hydrogens is 356 g/mol. The Labute approximate surface area is 145 Å². The van der Waals surface area contributed by atoms with Gasteiger partial charge in [0.1, 0.15) is 11.5 Å². The summed E-state index contributed by atoms with van der Waals surface area (Å²) in [5, 5.41) is 10.6. The lowest BCUT2D eigenvalue weighted by Gasteiger charge is -2.21. The van der Waals surface area contributed by atoms with Gasteiger partial charge in [0.25, 0.3) is 0 Å². The van der Waals surface area contributed by atoms with Crippen molar-refractivity contribution >= 4 is 15.9 Å². The van der Waals surface area contributed by atoms with Crippen LogP contribution >= 0.6 is 15.9 Å². The Morgan fingerprint density at radius 2 is 1.87 bits per heavy atom. The van der Waals surface area contributed by atoms with Gasteiger partial charge in [-0.25, -0.2) is 0 Å². The third-order valence-corrected chi connectivity index (χ3v) is 4.59. The Balaban J connectivity index is 2.27. The SMILES string of the molecule is C=CC(CC(O)c1ccccc1Br)c1ccc(OC)cc1OC. The lowest BCUT2D eigenvalue weighted by atomic mass is 9.90. The molecule has 2 atom stereocenters. The summed E-state index contributed by atoms with van der Waals surface area (Å²) in [5.41, 5.74) is 1.85. The summed E-state index contributed by atoms with van der Waals surface area (Å²) in [6, 6.07) is 13.4. The number of methoxy groups -OCH3 is 2. The van der Waals surface area contributed by atoms with E-state index in [-0.39, 0.29) is 5.92 Å². The Bertz CT molecular complexity index is 669. The quantitative estimate of drug-likeness (QED) is 0.701. The minimum atomic E-state index is -0.597. The zero-order chi connectivity index (χ0) is 16.8. The standard InChI is InChI=1S/C19H21BrO3/c1-4-13(11-18(21)16-7-5-6-8-17(16)20)15-10-9-14(22-2)12-19(15)23-3/h4-10,12-13,18,21H,1,11H2,2-3H3. The summed E-state index contributed by atoms with van der Waals surface area (Å²) in [7, 11) is 3.25. The van der Waals surface area contributed by atoms with Crippen LogP contribution < -0.4 is 9.47 Å². The number of benzene rings is 2. The molecule has 4 heteroatoms. The van der Waals surface area contributed by atoms with Gasteiger partial charge in [0.05, 0.1) is 20.3 Å². The Hall–Kier alpha value is -1.78. The van der Waals surface area contributed by atoms with E-state index in [1.54, 1.807) is 14.2 Å². The van der Waals surface area contributed by atoms with Crippen LogP contribution in [0.25, 0.3) is 0 Å². The monoisotopic (exact) mass is 376 g/mol. The molecule has 0 saturated carbocycles. The van der Waals surface area contributed by atoms with E-state index in [1.807, 2.05) is 48.5 Å². The average molecular weight is 377 g/mol. The van der Waals surface area contributed by atoms with Crippen molar-refractivity contribution in [2.24, 2.45) is 0 Å². The molecule has 122 valence electrons. The topological polar surface area (TPSA) is 38.7 Å².